The highest BCUT2D eigenvalue weighted by molar-refractivity contribution is 9.08. The van der Waals surface area contributed by atoms with Crippen LogP contribution < -0.4 is 0 Å². The van der Waals surface area contributed by atoms with E-state index in [1.165, 1.54) is 47.7 Å². The maximum Gasteiger partial charge on any atom is 0.283 e. The van der Waals surface area contributed by atoms with Crippen LogP contribution in [0.15, 0.2) is 55.0 Å². The summed E-state index contributed by atoms with van der Waals surface area (Å²) in [5.74, 6) is -1.38. The van der Waals surface area contributed by atoms with Crippen molar-refractivity contribution in [1.82, 2.24) is 20.0 Å². The number of nitro benzene ring substituents is 1. The number of aromatic nitrogens is 4. The van der Waals surface area contributed by atoms with Crippen molar-refractivity contribution in [1.29, 1.82) is 0 Å². The summed E-state index contributed by atoms with van der Waals surface area (Å²) in [6, 6.07) is 11.3. The van der Waals surface area contributed by atoms with Crippen LogP contribution in [0.2, 0.25) is 0 Å². The number of alkyl halides is 1. The van der Waals surface area contributed by atoms with Crippen molar-refractivity contribution in [2.75, 3.05) is 0 Å². The Morgan fingerprint density at radius 2 is 1.84 bits per heavy atom. The van der Waals surface area contributed by atoms with Crippen LogP contribution in [0.4, 0.5) is 14.5 Å². The standard InChI is InChI=1S/C21H13BrF2N5O2/c22-11-14-8-13(9-16-18(23)2-1-3-19(16)24)10-17(21(14)29(30)31)20-5-4-15(12-25-20)28-26-6-7-27-28/h1-7,10,12H,9,11H2. The molecule has 0 unspecified atom stereocenters. The summed E-state index contributed by atoms with van der Waals surface area (Å²) in [5.41, 5.74) is 1.49. The van der Waals surface area contributed by atoms with Gasteiger partial charge in [0.15, 0.2) is 0 Å². The van der Waals surface area contributed by atoms with Crippen LogP contribution in [0, 0.1) is 27.8 Å². The van der Waals surface area contributed by atoms with E-state index in [-0.39, 0.29) is 34.1 Å². The molecular weight excluding hydrogens is 472 g/mol. The fraction of sp³-hybridized carbons (Fsp3) is 0.0952. The highest BCUT2D eigenvalue weighted by atomic mass is 79.9. The molecule has 0 aliphatic carbocycles. The molecule has 1 radical (unpaired) electrons. The Hall–Kier alpha value is -3.53. The van der Waals surface area contributed by atoms with Crippen LogP contribution in [0.25, 0.3) is 16.9 Å². The third kappa shape index (κ3) is 4.19. The summed E-state index contributed by atoms with van der Waals surface area (Å²) in [6.45, 7) is 0. The number of nitro groups is 1. The van der Waals surface area contributed by atoms with E-state index in [4.69, 9.17) is 0 Å². The van der Waals surface area contributed by atoms with Gasteiger partial charge in [0, 0.05) is 22.9 Å². The summed E-state index contributed by atoms with van der Waals surface area (Å²) in [6.07, 6.45) is 4.41. The molecule has 2 heterocycles. The SMILES string of the molecule is O=[N+]([O-])c1c(CBr)[c]c(Cc2c(F)cccc2F)cc1-c1ccc(-n2nccn2)cn1. The third-order valence-electron chi connectivity index (χ3n) is 4.59. The van der Waals surface area contributed by atoms with Crippen LogP contribution in [-0.4, -0.2) is 24.9 Å². The normalized spacial score (nSPS) is 10.9. The Balaban J connectivity index is 1.82. The van der Waals surface area contributed by atoms with Gasteiger partial charge in [-0.15, -0.1) is 0 Å². The molecule has 4 aromatic rings. The zero-order chi connectivity index (χ0) is 22.0. The molecule has 155 valence electrons. The van der Waals surface area contributed by atoms with Crippen molar-refractivity contribution in [3.63, 3.8) is 0 Å². The highest BCUT2D eigenvalue weighted by Gasteiger charge is 2.24. The summed E-state index contributed by atoms with van der Waals surface area (Å²) in [4.78, 5) is 17.0. The van der Waals surface area contributed by atoms with Gasteiger partial charge in [-0.25, -0.2) is 8.78 Å². The van der Waals surface area contributed by atoms with Crippen LogP contribution in [0.3, 0.4) is 0 Å². The van der Waals surface area contributed by atoms with Crippen molar-refractivity contribution in [3.8, 4) is 16.9 Å². The van der Waals surface area contributed by atoms with Gasteiger partial charge in [0.2, 0.25) is 0 Å². The minimum Gasteiger partial charge on any atom is -0.258 e. The lowest BCUT2D eigenvalue weighted by Crippen LogP contribution is -2.04. The second kappa shape index (κ2) is 8.68. The monoisotopic (exact) mass is 484 g/mol. The van der Waals surface area contributed by atoms with E-state index in [0.29, 0.717) is 16.9 Å². The van der Waals surface area contributed by atoms with Gasteiger partial charge in [-0.1, -0.05) is 22.0 Å². The number of hydrogen-bond acceptors (Lipinski definition) is 5. The van der Waals surface area contributed by atoms with Gasteiger partial charge in [0.1, 0.15) is 17.3 Å². The maximum atomic E-state index is 14.1. The molecule has 2 aromatic carbocycles. The van der Waals surface area contributed by atoms with Crippen LogP contribution >= 0.6 is 15.9 Å². The van der Waals surface area contributed by atoms with Crippen molar-refractivity contribution in [2.24, 2.45) is 0 Å². The van der Waals surface area contributed by atoms with Gasteiger partial charge < -0.3 is 0 Å². The summed E-state index contributed by atoms with van der Waals surface area (Å²) >= 11 is 3.25. The zero-order valence-corrected chi connectivity index (χ0v) is 17.4. The Bertz CT molecular complexity index is 1230. The smallest absolute Gasteiger partial charge is 0.258 e. The molecule has 0 spiro atoms. The molecule has 0 bridgehead atoms. The van der Waals surface area contributed by atoms with Crippen molar-refractivity contribution in [3.05, 3.63) is 99.5 Å². The number of rotatable bonds is 6. The van der Waals surface area contributed by atoms with Gasteiger partial charge in [-0.2, -0.15) is 15.0 Å². The van der Waals surface area contributed by atoms with Crippen molar-refractivity contribution in [2.45, 2.75) is 11.8 Å². The molecule has 0 amide bonds. The number of nitrogens with zero attached hydrogens (tertiary/aromatic N) is 5. The molecule has 0 fully saturated rings. The molecule has 10 heteroatoms. The minimum absolute atomic E-state index is 0.112. The van der Waals surface area contributed by atoms with Crippen LogP contribution in [0.1, 0.15) is 16.7 Å². The Morgan fingerprint density at radius 1 is 1.13 bits per heavy atom. The summed E-state index contributed by atoms with van der Waals surface area (Å²) < 4.78 is 28.3. The van der Waals surface area contributed by atoms with Gasteiger partial charge in [0.05, 0.1) is 34.8 Å². The molecule has 2 aromatic heterocycles. The predicted octanol–water partition coefficient (Wildman–Crippen LogP) is 4.80. The first-order chi connectivity index (χ1) is 15.0. The maximum absolute atomic E-state index is 14.1. The third-order valence-corrected chi connectivity index (χ3v) is 5.15. The molecular formula is C21H13BrF2N5O2. The van der Waals surface area contributed by atoms with Crippen LogP contribution in [0.5, 0.6) is 0 Å². The topological polar surface area (TPSA) is 86.7 Å². The van der Waals surface area contributed by atoms with E-state index in [1.807, 2.05) is 0 Å². The van der Waals surface area contributed by atoms with Gasteiger partial charge in [0.25, 0.3) is 5.69 Å². The second-order valence-corrected chi connectivity index (χ2v) is 7.08. The van der Waals surface area contributed by atoms with Gasteiger partial charge in [-0.05, 0) is 42.0 Å². The summed E-state index contributed by atoms with van der Waals surface area (Å²) in [7, 11) is 0. The lowest BCUT2D eigenvalue weighted by atomic mass is 9.96. The average Bonchev–Trinajstić information content (AvgIpc) is 3.30. The lowest BCUT2D eigenvalue weighted by molar-refractivity contribution is -0.384. The van der Waals surface area contributed by atoms with E-state index in [1.54, 1.807) is 12.1 Å². The molecule has 0 saturated heterocycles. The second-order valence-electron chi connectivity index (χ2n) is 6.52. The molecule has 7 nitrogen and oxygen atoms in total. The fourth-order valence-electron chi connectivity index (χ4n) is 3.19. The first kappa shape index (κ1) is 20.7. The fourth-order valence-corrected chi connectivity index (χ4v) is 3.60. The zero-order valence-electron chi connectivity index (χ0n) is 15.8. The highest BCUT2D eigenvalue weighted by Crippen LogP contribution is 2.35. The Morgan fingerprint density at radius 3 is 2.42 bits per heavy atom. The molecule has 0 aliphatic heterocycles. The average molecular weight is 485 g/mol. The molecule has 0 atom stereocenters. The molecule has 0 saturated carbocycles. The number of benzene rings is 2. The molecule has 31 heavy (non-hydrogen) atoms. The van der Waals surface area contributed by atoms with Gasteiger partial charge >= 0.3 is 0 Å². The van der Waals surface area contributed by atoms with Crippen molar-refractivity contribution < 1.29 is 13.7 Å². The first-order valence-electron chi connectivity index (χ1n) is 9.02. The quantitative estimate of drug-likeness (QED) is 0.223. The molecule has 0 aliphatic rings. The molecule has 0 N–H and O–H groups in total. The van der Waals surface area contributed by atoms with E-state index in [0.717, 1.165) is 0 Å². The van der Waals surface area contributed by atoms with E-state index < -0.39 is 16.6 Å². The first-order valence-corrected chi connectivity index (χ1v) is 10.1. The lowest BCUT2D eigenvalue weighted by Gasteiger charge is -2.11. The largest absolute Gasteiger partial charge is 0.283 e. The van der Waals surface area contributed by atoms with Gasteiger partial charge in [-0.3, -0.25) is 15.1 Å². The number of halogens is 3. The predicted molar refractivity (Wildman–Crippen MR) is 112 cm³/mol. The number of hydrogen-bond donors (Lipinski definition) is 0. The Kier molecular flexibility index (Phi) is 5.81. The Labute approximate surface area is 183 Å². The number of pyridine rings is 1. The van der Waals surface area contributed by atoms with Crippen LogP contribution in [-0.2, 0) is 11.8 Å². The minimum atomic E-state index is -0.692. The van der Waals surface area contributed by atoms with E-state index in [2.05, 4.69) is 37.2 Å². The van der Waals surface area contributed by atoms with E-state index in [9.17, 15) is 18.9 Å². The molecule has 4 rings (SSSR count). The summed E-state index contributed by atoms with van der Waals surface area (Å²) in [5, 5.41) is 20.0. The van der Waals surface area contributed by atoms with Crippen molar-refractivity contribution >= 4 is 21.6 Å². The van der Waals surface area contributed by atoms with E-state index >= 15 is 0 Å².